The molecule has 0 spiro atoms. The highest BCUT2D eigenvalue weighted by molar-refractivity contribution is 7.47. The topological polar surface area (TPSA) is 125 Å². The summed E-state index contributed by atoms with van der Waals surface area (Å²) >= 11 is 0. The lowest BCUT2D eigenvalue weighted by molar-refractivity contribution is -0.870. The Labute approximate surface area is 387 Å². The van der Waals surface area contributed by atoms with Crippen molar-refractivity contribution in [2.24, 2.45) is 0 Å². The van der Waals surface area contributed by atoms with Gasteiger partial charge in [0.15, 0.2) is 0 Å². The van der Waals surface area contributed by atoms with Gasteiger partial charge in [0.05, 0.1) is 39.9 Å². The minimum absolute atomic E-state index is 0.0102. The smallest absolute Gasteiger partial charge is 0.390 e. The van der Waals surface area contributed by atoms with E-state index in [1.54, 1.807) is 0 Å². The third-order valence-electron chi connectivity index (χ3n) is 10.7. The summed E-state index contributed by atoms with van der Waals surface area (Å²) in [7, 11) is 1.40. The van der Waals surface area contributed by atoms with Gasteiger partial charge >= 0.3 is 7.82 Å². The molecule has 364 valence electrons. The maximum Gasteiger partial charge on any atom is 0.472 e. The maximum atomic E-state index is 13.0. The van der Waals surface area contributed by atoms with Crippen LogP contribution in [0.2, 0.25) is 0 Å². The van der Waals surface area contributed by atoms with Crippen LogP contribution in [-0.4, -0.2) is 84.6 Å². The molecule has 0 fully saturated rings. The quantitative estimate of drug-likeness (QED) is 0.0208. The van der Waals surface area contributed by atoms with Crippen molar-refractivity contribution in [2.45, 2.75) is 205 Å². The van der Waals surface area contributed by atoms with Crippen LogP contribution >= 0.6 is 7.82 Å². The summed E-state index contributed by atoms with van der Waals surface area (Å²) in [4.78, 5) is 23.2. The lowest BCUT2D eigenvalue weighted by Gasteiger charge is -2.28. The molecule has 1 amide bonds. The number of hydrogen-bond donors (Lipinski definition) is 4. The van der Waals surface area contributed by atoms with Gasteiger partial charge < -0.3 is 24.9 Å². The average Bonchev–Trinajstić information content (AvgIpc) is 3.24. The second kappa shape index (κ2) is 43.5. The molecule has 0 heterocycles. The number of likely N-dealkylation sites (N-methyl/N-ethyl adjacent to an activating group) is 1. The number of aliphatic hydroxyl groups excluding tert-OH is 2. The van der Waals surface area contributed by atoms with E-state index in [9.17, 15) is 24.5 Å². The number of carbonyl (C=O) groups is 1. The Morgan fingerprint density at radius 3 is 1.46 bits per heavy atom. The molecule has 0 aromatic heterocycles. The molecule has 0 aliphatic heterocycles. The van der Waals surface area contributed by atoms with Crippen LogP contribution in [0.15, 0.2) is 85.1 Å². The first-order valence-corrected chi connectivity index (χ1v) is 26.5. The third-order valence-corrected chi connectivity index (χ3v) is 11.7. The number of quaternary nitrogens is 1. The number of rotatable bonds is 44. The van der Waals surface area contributed by atoms with Gasteiger partial charge in [0.1, 0.15) is 19.3 Å². The molecule has 63 heavy (non-hydrogen) atoms. The zero-order valence-corrected chi connectivity index (χ0v) is 41.8. The Hall–Kier alpha value is -2.36. The minimum atomic E-state index is -4.43. The van der Waals surface area contributed by atoms with Gasteiger partial charge in [-0.3, -0.25) is 13.8 Å². The van der Waals surface area contributed by atoms with Crippen molar-refractivity contribution < 1.29 is 38.0 Å². The first kappa shape index (κ1) is 60.6. The standard InChI is InChI=1S/C53H95N2O7P/c1-6-8-10-12-14-16-18-20-21-22-23-24-25-26-27-28-29-30-31-32-33-34-36-38-40-42-44-46-52(57)54-50(49-62-63(59,60)61-48-47-55(3,4)5)53(58)51(56)45-43-41-39-37-35-19-17-15-13-11-9-7-2/h8,10,14,16,20-21,23-24,26-27,29-30,37,39,50-51,53,56,58H,6-7,9,11-13,15,17-19,22,25,28,31-36,38,40-49H2,1-5H3,(H-,54,57,59,60)/p+1/b10-8-,16-14-,21-20-,24-23-,27-26-,30-29-,39-37+. The Balaban J connectivity index is 4.37. The van der Waals surface area contributed by atoms with Crippen LogP contribution in [0.25, 0.3) is 0 Å². The summed E-state index contributed by atoms with van der Waals surface area (Å²) in [5.74, 6) is -0.281. The summed E-state index contributed by atoms with van der Waals surface area (Å²) in [6.45, 7) is 4.44. The van der Waals surface area contributed by atoms with Crippen molar-refractivity contribution in [3.05, 3.63) is 85.1 Å². The molecule has 0 rings (SSSR count). The largest absolute Gasteiger partial charge is 0.472 e. The number of phosphoric acid groups is 1. The van der Waals surface area contributed by atoms with Gasteiger partial charge in [-0.25, -0.2) is 4.57 Å². The summed E-state index contributed by atoms with van der Waals surface area (Å²) in [6.07, 6.45) is 56.5. The van der Waals surface area contributed by atoms with Gasteiger partial charge in [0, 0.05) is 6.42 Å². The fourth-order valence-corrected chi connectivity index (χ4v) is 7.47. The Morgan fingerprint density at radius 2 is 0.984 bits per heavy atom. The zero-order valence-electron chi connectivity index (χ0n) is 40.9. The van der Waals surface area contributed by atoms with Crippen LogP contribution in [0.5, 0.6) is 0 Å². The highest BCUT2D eigenvalue weighted by Gasteiger charge is 2.31. The summed E-state index contributed by atoms with van der Waals surface area (Å²) in [5.41, 5.74) is 0. The number of nitrogens with one attached hydrogen (secondary N) is 1. The molecule has 10 heteroatoms. The van der Waals surface area contributed by atoms with E-state index < -0.39 is 32.7 Å². The monoisotopic (exact) mass is 904 g/mol. The van der Waals surface area contributed by atoms with E-state index in [1.165, 1.54) is 70.6 Å². The molecule has 0 saturated carbocycles. The normalized spacial score (nSPS) is 15.4. The summed E-state index contributed by atoms with van der Waals surface area (Å²) in [5, 5.41) is 24.7. The number of nitrogens with zero attached hydrogens (tertiary/aromatic N) is 1. The van der Waals surface area contributed by atoms with Crippen LogP contribution in [0.3, 0.4) is 0 Å². The molecule has 9 nitrogen and oxygen atoms in total. The highest BCUT2D eigenvalue weighted by atomic mass is 31.2. The lowest BCUT2D eigenvalue weighted by Crippen LogP contribution is -2.51. The van der Waals surface area contributed by atoms with Crippen LogP contribution in [0.4, 0.5) is 0 Å². The zero-order chi connectivity index (χ0) is 46.5. The number of carbonyl (C=O) groups excluding carboxylic acids is 1. The molecule has 0 saturated heterocycles. The molecule has 0 aliphatic carbocycles. The molecule has 4 unspecified atom stereocenters. The van der Waals surface area contributed by atoms with Gasteiger partial charge in [-0.15, -0.1) is 0 Å². The summed E-state index contributed by atoms with van der Waals surface area (Å²) in [6, 6.07) is -1.06. The van der Waals surface area contributed by atoms with Crippen molar-refractivity contribution in [3.63, 3.8) is 0 Å². The molecule has 4 atom stereocenters. The van der Waals surface area contributed by atoms with Gasteiger partial charge in [-0.1, -0.05) is 176 Å². The number of phosphoric ester groups is 1. The van der Waals surface area contributed by atoms with E-state index in [0.29, 0.717) is 30.3 Å². The number of hydrogen-bond acceptors (Lipinski definition) is 6. The predicted octanol–water partition coefficient (Wildman–Crippen LogP) is 13.5. The fourth-order valence-electron chi connectivity index (χ4n) is 6.73. The highest BCUT2D eigenvalue weighted by Crippen LogP contribution is 2.43. The molecular formula is C53H96N2O7P+. The molecule has 4 N–H and O–H groups in total. The average molecular weight is 904 g/mol. The first-order chi connectivity index (χ1) is 30.4. The van der Waals surface area contributed by atoms with Gasteiger partial charge in [-0.2, -0.15) is 0 Å². The number of aliphatic hydroxyl groups is 2. The van der Waals surface area contributed by atoms with Crippen molar-refractivity contribution >= 4 is 13.7 Å². The van der Waals surface area contributed by atoms with Crippen molar-refractivity contribution in [2.75, 3.05) is 40.9 Å². The van der Waals surface area contributed by atoms with Crippen molar-refractivity contribution in [3.8, 4) is 0 Å². The molecule has 0 aromatic rings. The van der Waals surface area contributed by atoms with Crippen LogP contribution in [-0.2, 0) is 18.4 Å². The van der Waals surface area contributed by atoms with Crippen LogP contribution < -0.4 is 5.32 Å². The minimum Gasteiger partial charge on any atom is -0.390 e. The molecule has 0 aromatic carbocycles. The number of unbranched alkanes of at least 4 members (excludes halogenated alkanes) is 16. The predicted molar refractivity (Wildman–Crippen MR) is 269 cm³/mol. The van der Waals surface area contributed by atoms with E-state index in [-0.39, 0.29) is 18.9 Å². The SMILES string of the molecule is CC/C=C\C/C=C\C/C=C\C/C=C\C/C=C\C/C=C\CCCCCCCCCCC(=O)NC(COP(=O)(O)OCC[N+](C)(C)C)C(O)C(O)CCC/C=C/CCCCCCCCC. The van der Waals surface area contributed by atoms with Crippen molar-refractivity contribution in [1.29, 1.82) is 0 Å². The fraction of sp³-hybridized carbons (Fsp3) is 0.717. The number of allylic oxidation sites excluding steroid dienone is 14. The molecule has 0 bridgehead atoms. The van der Waals surface area contributed by atoms with E-state index in [0.717, 1.165) is 77.0 Å². The van der Waals surface area contributed by atoms with Gasteiger partial charge in [0.2, 0.25) is 5.91 Å². The Morgan fingerprint density at radius 1 is 0.571 bits per heavy atom. The van der Waals surface area contributed by atoms with E-state index in [1.807, 2.05) is 21.1 Å². The third kappa shape index (κ3) is 44.6. The second-order valence-electron chi connectivity index (χ2n) is 17.9. The van der Waals surface area contributed by atoms with E-state index >= 15 is 0 Å². The summed E-state index contributed by atoms with van der Waals surface area (Å²) < 4.78 is 23.5. The Bertz CT molecular complexity index is 1320. The van der Waals surface area contributed by atoms with Crippen LogP contribution in [0, 0.1) is 0 Å². The second-order valence-corrected chi connectivity index (χ2v) is 19.4. The molecule has 0 aliphatic rings. The maximum absolute atomic E-state index is 13.0. The van der Waals surface area contributed by atoms with E-state index in [4.69, 9.17) is 9.05 Å². The first-order valence-electron chi connectivity index (χ1n) is 25.0. The van der Waals surface area contributed by atoms with Crippen molar-refractivity contribution in [1.82, 2.24) is 5.32 Å². The Kier molecular flexibility index (Phi) is 41.9. The van der Waals surface area contributed by atoms with Gasteiger partial charge in [-0.05, 0) is 89.9 Å². The van der Waals surface area contributed by atoms with E-state index in [2.05, 4.69) is 104 Å². The number of amides is 1. The lowest BCUT2D eigenvalue weighted by atomic mass is 10.0. The molecule has 0 radical (unpaired) electrons. The van der Waals surface area contributed by atoms with Crippen LogP contribution in [0.1, 0.15) is 187 Å². The molecular weight excluding hydrogens is 808 g/mol. The van der Waals surface area contributed by atoms with Gasteiger partial charge in [0.25, 0.3) is 0 Å².